The van der Waals surface area contributed by atoms with Crippen LogP contribution in [0.5, 0.6) is 0 Å². The predicted molar refractivity (Wildman–Crippen MR) is 121 cm³/mol. The van der Waals surface area contributed by atoms with Gasteiger partial charge in [0.1, 0.15) is 0 Å². The molecule has 0 saturated carbocycles. The third-order valence-electron chi connectivity index (χ3n) is 4.70. The Labute approximate surface area is 181 Å². The Hall–Kier alpha value is -1.35. The summed E-state index contributed by atoms with van der Waals surface area (Å²) in [5.41, 5.74) is 3.03. The van der Waals surface area contributed by atoms with Crippen molar-refractivity contribution < 1.29 is 18.3 Å². The van der Waals surface area contributed by atoms with E-state index in [0.29, 0.717) is 12.8 Å². The lowest BCUT2D eigenvalue weighted by atomic mass is 9.94. The lowest BCUT2D eigenvalue weighted by Crippen LogP contribution is -2.28. The van der Waals surface area contributed by atoms with Crippen LogP contribution in [0, 0.1) is 3.57 Å². The molecule has 1 aromatic rings. The maximum absolute atomic E-state index is 12.6. The zero-order valence-corrected chi connectivity index (χ0v) is 19.0. The largest absolute Gasteiger partial charge is 0.481 e. The minimum absolute atomic E-state index is 0.0783. The number of allylic oxidation sites excluding steroid dienone is 4. The van der Waals surface area contributed by atoms with Gasteiger partial charge in [0.25, 0.3) is 0 Å². The van der Waals surface area contributed by atoms with Gasteiger partial charge in [-0.2, -0.15) is 0 Å². The summed E-state index contributed by atoms with van der Waals surface area (Å²) >= 11 is 2.23. The molecule has 2 rings (SSSR count). The molecule has 7 heteroatoms. The fourth-order valence-corrected chi connectivity index (χ4v) is 5.05. The average Bonchev–Trinajstić information content (AvgIpc) is 2.64. The molecule has 0 radical (unpaired) electrons. The summed E-state index contributed by atoms with van der Waals surface area (Å²) in [6.45, 7) is 0. The van der Waals surface area contributed by atoms with Crippen LogP contribution in [0.4, 0.5) is 0 Å². The van der Waals surface area contributed by atoms with E-state index in [1.165, 1.54) is 0 Å². The Morgan fingerprint density at radius 1 is 1.21 bits per heavy atom. The number of sulfonamides is 1. The number of carboxylic acids is 1. The third kappa shape index (κ3) is 8.77. The van der Waals surface area contributed by atoms with Crippen molar-refractivity contribution in [3.63, 3.8) is 0 Å². The zero-order chi connectivity index (χ0) is 20.4. The molecule has 0 fully saturated rings. The fourth-order valence-electron chi connectivity index (χ4n) is 3.21. The topological polar surface area (TPSA) is 83.5 Å². The number of nitrogens with one attached hydrogen (secondary N) is 1. The van der Waals surface area contributed by atoms with Crippen molar-refractivity contribution in [1.29, 1.82) is 0 Å². The second kappa shape index (κ2) is 11.6. The molecule has 5 nitrogen and oxygen atoms in total. The molecule has 1 aromatic carbocycles. The first-order chi connectivity index (χ1) is 13.4. The number of halogens is 1. The first-order valence-electron chi connectivity index (χ1n) is 9.68. The highest BCUT2D eigenvalue weighted by molar-refractivity contribution is 14.1. The van der Waals surface area contributed by atoms with Gasteiger partial charge in [-0.1, -0.05) is 24.3 Å². The van der Waals surface area contributed by atoms with Gasteiger partial charge in [-0.05, 0) is 97.2 Å². The van der Waals surface area contributed by atoms with Crippen LogP contribution in [0.15, 0.2) is 47.7 Å². The summed E-state index contributed by atoms with van der Waals surface area (Å²) in [6, 6.07) is 7.90. The van der Waals surface area contributed by atoms with Crippen LogP contribution in [0.2, 0.25) is 0 Å². The highest BCUT2D eigenvalue weighted by atomic mass is 127. The van der Waals surface area contributed by atoms with Crippen molar-refractivity contribution in [3.8, 4) is 0 Å². The van der Waals surface area contributed by atoms with E-state index in [2.05, 4.69) is 27.3 Å². The third-order valence-corrected chi connectivity index (χ3v) is 6.67. The Kier molecular flexibility index (Phi) is 9.50. The molecule has 0 bridgehead atoms. The van der Waals surface area contributed by atoms with Crippen LogP contribution in [-0.4, -0.2) is 25.2 Å². The van der Waals surface area contributed by atoms with Crippen LogP contribution >= 0.6 is 22.6 Å². The van der Waals surface area contributed by atoms with Crippen molar-refractivity contribution in [2.24, 2.45) is 0 Å². The van der Waals surface area contributed by atoms with Gasteiger partial charge in [0.05, 0.1) is 5.75 Å². The number of hydrogen-bond acceptors (Lipinski definition) is 3. The molecule has 0 aliphatic heterocycles. The Morgan fingerprint density at radius 3 is 2.75 bits per heavy atom. The molecule has 0 aromatic heterocycles. The van der Waals surface area contributed by atoms with E-state index in [0.717, 1.165) is 58.9 Å². The van der Waals surface area contributed by atoms with E-state index in [-0.39, 0.29) is 12.2 Å². The number of unbranched alkanes of at least 4 members (excludes halogenated alkanes) is 1. The first-order valence-corrected chi connectivity index (χ1v) is 12.4. The molecule has 0 spiro atoms. The fraction of sp³-hybridized carbons (Fsp3) is 0.476. The van der Waals surface area contributed by atoms with E-state index in [1.54, 1.807) is 0 Å². The van der Waals surface area contributed by atoms with Gasteiger partial charge in [-0.25, -0.2) is 8.42 Å². The number of hydrogen-bond donors (Lipinski definition) is 2. The molecule has 154 valence electrons. The molecular weight excluding hydrogens is 489 g/mol. The predicted octanol–water partition coefficient (Wildman–Crippen LogP) is 4.78. The molecule has 0 unspecified atom stereocenters. The van der Waals surface area contributed by atoms with Crippen LogP contribution < -0.4 is 4.72 Å². The minimum atomic E-state index is -3.37. The molecule has 0 atom stereocenters. The van der Waals surface area contributed by atoms with Crippen LogP contribution in [0.1, 0.15) is 56.9 Å². The van der Waals surface area contributed by atoms with Crippen molar-refractivity contribution in [3.05, 3.63) is 56.8 Å². The summed E-state index contributed by atoms with van der Waals surface area (Å²) in [7, 11) is -3.37. The molecule has 28 heavy (non-hydrogen) atoms. The molecule has 2 N–H and O–H groups in total. The number of aliphatic carboxylic acids is 1. The van der Waals surface area contributed by atoms with Crippen LogP contribution in [0.3, 0.4) is 0 Å². The smallest absolute Gasteiger partial charge is 0.303 e. The summed E-state index contributed by atoms with van der Waals surface area (Å²) in [5, 5.41) is 8.65. The number of rotatable bonds is 11. The second-order valence-corrected chi connectivity index (χ2v) is 10.1. The van der Waals surface area contributed by atoms with E-state index < -0.39 is 16.0 Å². The first kappa shape index (κ1) is 22.9. The van der Waals surface area contributed by atoms with Crippen LogP contribution in [-0.2, 0) is 21.2 Å². The Bertz CT molecular complexity index is 831. The quantitative estimate of drug-likeness (QED) is 0.251. The molecule has 0 heterocycles. The van der Waals surface area contributed by atoms with E-state index >= 15 is 0 Å². The van der Waals surface area contributed by atoms with E-state index in [1.807, 2.05) is 36.4 Å². The van der Waals surface area contributed by atoms with E-state index in [4.69, 9.17) is 5.11 Å². The standard InChI is InChI=1S/C21H28INO4S/c22-19-11-7-8-17(16-19)14-15-28(26,27)23-20-12-6-5-10-18(20)9-3-1-2-4-13-21(24)25/h1,3,7-8,11,16,23H,2,4-6,9-10,12-15H2,(H,24,25). The molecule has 0 amide bonds. The maximum atomic E-state index is 12.6. The van der Waals surface area contributed by atoms with Crippen LogP contribution in [0.25, 0.3) is 0 Å². The lowest BCUT2D eigenvalue weighted by Gasteiger charge is -2.21. The van der Waals surface area contributed by atoms with Gasteiger partial charge < -0.3 is 5.11 Å². The summed E-state index contributed by atoms with van der Waals surface area (Å²) in [6.07, 6.45) is 10.5. The highest BCUT2D eigenvalue weighted by Gasteiger charge is 2.18. The number of carboxylic acid groups (broad SMARTS) is 1. The summed E-state index contributed by atoms with van der Waals surface area (Å²) < 4.78 is 29.1. The second-order valence-electron chi connectivity index (χ2n) is 7.05. The van der Waals surface area contributed by atoms with Gasteiger partial charge in [-0.15, -0.1) is 0 Å². The molecular formula is C21H28INO4S. The monoisotopic (exact) mass is 517 g/mol. The van der Waals surface area contributed by atoms with Gasteiger partial charge in [0.15, 0.2) is 0 Å². The zero-order valence-electron chi connectivity index (χ0n) is 16.0. The SMILES string of the molecule is O=C(O)CCCC=CCC1=C(NS(=O)(=O)CCc2cccc(I)c2)CCCC1. The Balaban J connectivity index is 1.91. The van der Waals surface area contributed by atoms with Gasteiger partial charge in [-0.3, -0.25) is 9.52 Å². The average molecular weight is 517 g/mol. The summed E-state index contributed by atoms with van der Waals surface area (Å²) in [5.74, 6) is -0.695. The Morgan fingerprint density at radius 2 is 2.00 bits per heavy atom. The number of benzene rings is 1. The highest BCUT2D eigenvalue weighted by Crippen LogP contribution is 2.26. The summed E-state index contributed by atoms with van der Waals surface area (Å²) in [4.78, 5) is 10.5. The minimum Gasteiger partial charge on any atom is -0.481 e. The van der Waals surface area contributed by atoms with Gasteiger partial charge in [0.2, 0.25) is 10.0 Å². The van der Waals surface area contributed by atoms with Gasteiger partial charge >= 0.3 is 5.97 Å². The normalized spacial score (nSPS) is 15.2. The van der Waals surface area contributed by atoms with E-state index in [9.17, 15) is 13.2 Å². The number of carbonyl (C=O) groups is 1. The van der Waals surface area contributed by atoms with Crippen molar-refractivity contribution in [2.45, 2.75) is 57.8 Å². The van der Waals surface area contributed by atoms with Crippen molar-refractivity contribution in [2.75, 3.05) is 5.75 Å². The molecule has 1 aliphatic rings. The van der Waals surface area contributed by atoms with Gasteiger partial charge in [0, 0.05) is 15.7 Å². The van der Waals surface area contributed by atoms with Crippen molar-refractivity contribution >= 4 is 38.6 Å². The molecule has 0 saturated heterocycles. The molecule has 1 aliphatic carbocycles. The van der Waals surface area contributed by atoms with Crippen molar-refractivity contribution in [1.82, 2.24) is 4.72 Å². The number of aryl methyl sites for hydroxylation is 1. The lowest BCUT2D eigenvalue weighted by molar-refractivity contribution is -0.137. The maximum Gasteiger partial charge on any atom is 0.303 e.